The second-order valence-corrected chi connectivity index (χ2v) is 8.73. The molecule has 2 aromatic rings. The monoisotopic (exact) mass is 419 g/mol. The van der Waals surface area contributed by atoms with Gasteiger partial charge >= 0.3 is 6.18 Å². The molecule has 28 heavy (non-hydrogen) atoms. The summed E-state index contributed by atoms with van der Waals surface area (Å²) in [6.45, 7) is -0.186. The van der Waals surface area contributed by atoms with E-state index in [1.165, 1.54) is 6.07 Å². The maximum atomic E-state index is 14.3. The Hall–Kier alpha value is -2.00. The van der Waals surface area contributed by atoms with E-state index in [2.05, 4.69) is 4.72 Å². The van der Waals surface area contributed by atoms with E-state index >= 15 is 0 Å². The zero-order valence-corrected chi connectivity index (χ0v) is 15.5. The van der Waals surface area contributed by atoms with Gasteiger partial charge in [0.15, 0.2) is 0 Å². The number of hydrogen-bond donors (Lipinski definition) is 1. The second-order valence-electron chi connectivity index (χ2n) is 6.96. The highest BCUT2D eigenvalue weighted by molar-refractivity contribution is 7.89. The molecule has 0 heterocycles. The minimum absolute atomic E-state index is 0.186. The quantitative estimate of drug-likeness (QED) is 0.710. The number of halogens is 5. The Kier molecular flexibility index (Phi) is 5.51. The van der Waals surface area contributed by atoms with Crippen LogP contribution in [0.15, 0.2) is 47.4 Å². The first-order chi connectivity index (χ1) is 13.0. The molecule has 0 spiro atoms. The van der Waals surface area contributed by atoms with Crippen molar-refractivity contribution in [3.05, 3.63) is 65.2 Å². The fourth-order valence-corrected chi connectivity index (χ4v) is 4.84. The van der Waals surface area contributed by atoms with Crippen molar-refractivity contribution in [2.24, 2.45) is 0 Å². The fourth-order valence-electron chi connectivity index (χ4n) is 3.67. The predicted octanol–water partition coefficient (Wildman–Crippen LogP) is 4.77. The third-order valence-electron chi connectivity index (χ3n) is 5.14. The second kappa shape index (κ2) is 7.44. The van der Waals surface area contributed by atoms with Gasteiger partial charge in [-0.15, -0.1) is 0 Å². The third kappa shape index (κ3) is 4.20. The van der Waals surface area contributed by atoms with Gasteiger partial charge in [-0.05, 0) is 42.7 Å². The van der Waals surface area contributed by atoms with Gasteiger partial charge in [0.1, 0.15) is 11.6 Å². The minimum Gasteiger partial charge on any atom is -0.210 e. The van der Waals surface area contributed by atoms with Crippen molar-refractivity contribution in [3.8, 4) is 0 Å². The van der Waals surface area contributed by atoms with Crippen LogP contribution < -0.4 is 4.72 Å². The molecule has 1 aliphatic rings. The van der Waals surface area contributed by atoms with Gasteiger partial charge < -0.3 is 0 Å². The lowest BCUT2D eigenvalue weighted by Crippen LogP contribution is -2.39. The van der Waals surface area contributed by atoms with Crippen LogP contribution in [0.4, 0.5) is 22.0 Å². The lowest BCUT2D eigenvalue weighted by atomic mass is 9.78. The first-order valence-electron chi connectivity index (χ1n) is 8.66. The Morgan fingerprint density at radius 3 is 2.29 bits per heavy atom. The van der Waals surface area contributed by atoms with Gasteiger partial charge in [0.2, 0.25) is 10.0 Å². The van der Waals surface area contributed by atoms with Crippen molar-refractivity contribution in [3.63, 3.8) is 0 Å². The lowest BCUT2D eigenvalue weighted by Gasteiger charge is -2.30. The van der Waals surface area contributed by atoms with E-state index in [9.17, 15) is 30.4 Å². The summed E-state index contributed by atoms with van der Waals surface area (Å²) >= 11 is 0. The molecule has 0 atom stereocenters. The molecule has 1 aliphatic carbocycles. The van der Waals surface area contributed by atoms with Crippen LogP contribution in [0.2, 0.25) is 0 Å². The molecule has 152 valence electrons. The number of rotatable bonds is 5. The Morgan fingerprint density at radius 1 is 1.00 bits per heavy atom. The maximum Gasteiger partial charge on any atom is 0.416 e. The fraction of sp³-hybridized carbons (Fsp3) is 0.368. The zero-order chi connectivity index (χ0) is 20.6. The number of sulfonamides is 1. The highest BCUT2D eigenvalue weighted by atomic mass is 32.2. The van der Waals surface area contributed by atoms with Crippen LogP contribution in [0, 0.1) is 11.6 Å². The summed E-state index contributed by atoms with van der Waals surface area (Å²) in [7, 11) is -4.24. The highest BCUT2D eigenvalue weighted by Gasteiger charge is 2.39. The van der Waals surface area contributed by atoms with Gasteiger partial charge in [-0.3, -0.25) is 0 Å². The average Bonchev–Trinajstić information content (AvgIpc) is 3.09. The van der Waals surface area contributed by atoms with Crippen molar-refractivity contribution in [2.45, 2.75) is 42.2 Å². The van der Waals surface area contributed by atoms with Crippen LogP contribution >= 0.6 is 0 Å². The molecule has 0 saturated heterocycles. The normalized spacial score (nSPS) is 17.0. The molecule has 0 bridgehead atoms. The lowest BCUT2D eigenvalue weighted by molar-refractivity contribution is -0.137. The van der Waals surface area contributed by atoms with E-state index in [4.69, 9.17) is 0 Å². The molecule has 2 aromatic carbocycles. The molecule has 9 heteroatoms. The average molecular weight is 419 g/mol. The first kappa shape index (κ1) is 20.7. The molecule has 1 fully saturated rings. The van der Waals surface area contributed by atoms with Crippen molar-refractivity contribution >= 4 is 10.0 Å². The SMILES string of the molecule is O=S(=O)(NCC1(c2ccc(F)cc2F)CCCC1)c1cccc(C(F)(F)F)c1. The van der Waals surface area contributed by atoms with E-state index in [0.29, 0.717) is 18.9 Å². The van der Waals surface area contributed by atoms with E-state index in [-0.39, 0.29) is 12.1 Å². The first-order valence-corrected chi connectivity index (χ1v) is 10.1. The van der Waals surface area contributed by atoms with Gasteiger partial charge in [0, 0.05) is 18.0 Å². The molecular formula is C19H18F5NO2S. The van der Waals surface area contributed by atoms with Crippen LogP contribution in [0.25, 0.3) is 0 Å². The van der Waals surface area contributed by atoms with Crippen LogP contribution in [-0.4, -0.2) is 15.0 Å². The van der Waals surface area contributed by atoms with Crippen LogP contribution in [0.1, 0.15) is 36.8 Å². The van der Waals surface area contributed by atoms with Crippen molar-refractivity contribution < 1.29 is 30.4 Å². The Balaban J connectivity index is 1.88. The molecule has 3 rings (SSSR count). The number of alkyl halides is 3. The van der Waals surface area contributed by atoms with Gasteiger partial charge in [-0.25, -0.2) is 21.9 Å². The number of nitrogens with one attached hydrogen (secondary N) is 1. The van der Waals surface area contributed by atoms with Crippen LogP contribution in [0.3, 0.4) is 0 Å². The molecule has 0 amide bonds. The molecular weight excluding hydrogens is 401 g/mol. The minimum atomic E-state index is -4.67. The Bertz CT molecular complexity index is 967. The maximum absolute atomic E-state index is 14.3. The summed E-state index contributed by atoms with van der Waals surface area (Å²) in [6.07, 6.45) is -2.22. The summed E-state index contributed by atoms with van der Waals surface area (Å²) in [5.41, 5.74) is -1.74. The van der Waals surface area contributed by atoms with E-state index in [0.717, 1.165) is 43.2 Å². The predicted molar refractivity (Wildman–Crippen MR) is 93.1 cm³/mol. The number of benzene rings is 2. The van der Waals surface area contributed by atoms with Gasteiger partial charge in [0.25, 0.3) is 0 Å². The smallest absolute Gasteiger partial charge is 0.210 e. The summed E-state index contributed by atoms with van der Waals surface area (Å²) in [6, 6.07) is 6.58. The largest absolute Gasteiger partial charge is 0.416 e. The van der Waals surface area contributed by atoms with Crippen LogP contribution in [0.5, 0.6) is 0 Å². The molecule has 0 radical (unpaired) electrons. The van der Waals surface area contributed by atoms with Gasteiger partial charge in [-0.2, -0.15) is 13.2 Å². The van der Waals surface area contributed by atoms with Crippen LogP contribution in [-0.2, 0) is 21.6 Å². The topological polar surface area (TPSA) is 46.2 Å². The Morgan fingerprint density at radius 2 is 1.68 bits per heavy atom. The third-order valence-corrected chi connectivity index (χ3v) is 6.53. The zero-order valence-electron chi connectivity index (χ0n) is 14.7. The van der Waals surface area contributed by atoms with Crippen molar-refractivity contribution in [1.82, 2.24) is 4.72 Å². The van der Waals surface area contributed by atoms with Gasteiger partial charge in [-0.1, -0.05) is 25.0 Å². The van der Waals surface area contributed by atoms with Crippen molar-refractivity contribution in [1.29, 1.82) is 0 Å². The molecule has 0 unspecified atom stereocenters. The Labute approximate surface area is 159 Å². The molecule has 0 aromatic heterocycles. The van der Waals surface area contributed by atoms with E-state index < -0.39 is 43.7 Å². The molecule has 1 N–H and O–H groups in total. The molecule has 0 aliphatic heterocycles. The van der Waals surface area contributed by atoms with E-state index in [1.807, 2.05) is 0 Å². The summed E-state index contributed by atoms with van der Waals surface area (Å²) < 4.78 is 93.6. The standard InChI is InChI=1S/C19H18F5NO2S/c20-14-6-7-16(17(21)11-14)18(8-1-2-9-18)12-25-28(26,27)15-5-3-4-13(10-15)19(22,23)24/h3-7,10-11,25H,1-2,8-9,12H2. The van der Waals surface area contributed by atoms with E-state index in [1.54, 1.807) is 0 Å². The van der Waals surface area contributed by atoms with Gasteiger partial charge in [0.05, 0.1) is 10.5 Å². The summed E-state index contributed by atoms with van der Waals surface area (Å²) in [4.78, 5) is -0.518. The molecule has 1 saturated carbocycles. The number of hydrogen-bond acceptors (Lipinski definition) is 2. The molecule has 3 nitrogen and oxygen atoms in total. The highest BCUT2D eigenvalue weighted by Crippen LogP contribution is 2.42. The summed E-state index contributed by atoms with van der Waals surface area (Å²) in [5, 5.41) is 0. The summed E-state index contributed by atoms with van der Waals surface area (Å²) in [5.74, 6) is -1.50. The van der Waals surface area contributed by atoms with Crippen molar-refractivity contribution in [2.75, 3.05) is 6.54 Å².